The molecule has 0 radical (unpaired) electrons. The number of allylic oxidation sites excluding steroid dienone is 1. The lowest BCUT2D eigenvalue weighted by Crippen LogP contribution is -2.49. The zero-order valence-electron chi connectivity index (χ0n) is 11.2. The van der Waals surface area contributed by atoms with Gasteiger partial charge in [0.25, 0.3) is 0 Å². The van der Waals surface area contributed by atoms with Gasteiger partial charge in [-0.15, -0.1) is 0 Å². The van der Waals surface area contributed by atoms with Crippen molar-refractivity contribution in [2.24, 2.45) is 23.7 Å². The summed E-state index contributed by atoms with van der Waals surface area (Å²) < 4.78 is 0. The Labute approximate surface area is 106 Å². The van der Waals surface area contributed by atoms with Crippen LogP contribution in [0.2, 0.25) is 0 Å². The Balaban J connectivity index is 1.36. The van der Waals surface area contributed by atoms with Crippen molar-refractivity contribution in [2.45, 2.75) is 57.9 Å². The summed E-state index contributed by atoms with van der Waals surface area (Å²) in [6, 6.07) is 0.822. The molecule has 96 valence electrons. The fourth-order valence-electron chi connectivity index (χ4n) is 4.11. The van der Waals surface area contributed by atoms with Crippen molar-refractivity contribution >= 4 is 0 Å². The van der Waals surface area contributed by atoms with E-state index in [1.165, 1.54) is 51.5 Å². The van der Waals surface area contributed by atoms with E-state index in [-0.39, 0.29) is 0 Å². The molecule has 3 unspecified atom stereocenters. The van der Waals surface area contributed by atoms with Crippen molar-refractivity contribution in [3.05, 3.63) is 12.2 Å². The van der Waals surface area contributed by atoms with E-state index in [0.717, 1.165) is 29.7 Å². The Hall–Kier alpha value is -0.300. The van der Waals surface area contributed by atoms with Crippen LogP contribution < -0.4 is 5.32 Å². The number of hydrogen-bond donors (Lipinski definition) is 1. The van der Waals surface area contributed by atoms with Crippen LogP contribution in [0.25, 0.3) is 0 Å². The summed E-state index contributed by atoms with van der Waals surface area (Å²) in [5.74, 6) is 3.91. The molecule has 2 fully saturated rings. The first-order valence-corrected chi connectivity index (χ1v) is 7.77. The molecule has 1 nitrogen and oxygen atoms in total. The van der Waals surface area contributed by atoms with Crippen LogP contribution in [0.1, 0.15) is 51.9 Å². The largest absolute Gasteiger partial charge is 0.313 e. The van der Waals surface area contributed by atoms with Gasteiger partial charge < -0.3 is 5.32 Å². The Kier molecular flexibility index (Phi) is 3.56. The SMILES string of the molecule is CCC1CCC(CNC2CC3CC=CC32)CC1. The second kappa shape index (κ2) is 5.14. The molecule has 0 aliphatic heterocycles. The summed E-state index contributed by atoms with van der Waals surface area (Å²) >= 11 is 0. The average molecular weight is 233 g/mol. The van der Waals surface area contributed by atoms with Gasteiger partial charge in [-0.25, -0.2) is 0 Å². The van der Waals surface area contributed by atoms with Crippen molar-refractivity contribution in [2.75, 3.05) is 6.54 Å². The fourth-order valence-corrected chi connectivity index (χ4v) is 4.11. The summed E-state index contributed by atoms with van der Waals surface area (Å²) in [5.41, 5.74) is 0. The van der Waals surface area contributed by atoms with Gasteiger partial charge in [0.05, 0.1) is 0 Å². The molecule has 3 rings (SSSR count). The van der Waals surface area contributed by atoms with Crippen LogP contribution in [0, 0.1) is 23.7 Å². The summed E-state index contributed by atoms with van der Waals surface area (Å²) in [6.07, 6.45) is 15.0. The summed E-state index contributed by atoms with van der Waals surface area (Å²) in [4.78, 5) is 0. The number of nitrogens with one attached hydrogen (secondary N) is 1. The van der Waals surface area contributed by atoms with Crippen LogP contribution in [0.4, 0.5) is 0 Å². The maximum Gasteiger partial charge on any atom is 0.0136 e. The minimum absolute atomic E-state index is 0.822. The van der Waals surface area contributed by atoms with E-state index in [2.05, 4.69) is 24.4 Å². The first kappa shape index (κ1) is 11.8. The van der Waals surface area contributed by atoms with Crippen LogP contribution in [-0.4, -0.2) is 12.6 Å². The highest BCUT2D eigenvalue weighted by atomic mass is 14.9. The zero-order valence-corrected chi connectivity index (χ0v) is 11.2. The van der Waals surface area contributed by atoms with Gasteiger partial charge in [-0.2, -0.15) is 0 Å². The predicted octanol–water partition coefficient (Wildman–Crippen LogP) is 3.76. The molecule has 0 aromatic heterocycles. The Morgan fingerprint density at radius 2 is 1.88 bits per heavy atom. The van der Waals surface area contributed by atoms with Crippen LogP contribution >= 0.6 is 0 Å². The molecule has 3 atom stereocenters. The number of rotatable bonds is 4. The molecule has 2 saturated carbocycles. The van der Waals surface area contributed by atoms with Crippen molar-refractivity contribution in [3.8, 4) is 0 Å². The van der Waals surface area contributed by atoms with E-state index >= 15 is 0 Å². The van der Waals surface area contributed by atoms with E-state index in [9.17, 15) is 0 Å². The first-order chi connectivity index (χ1) is 8.36. The Bertz CT molecular complexity index is 275. The molecular formula is C16H27N. The minimum Gasteiger partial charge on any atom is -0.313 e. The van der Waals surface area contributed by atoms with Crippen LogP contribution in [0.3, 0.4) is 0 Å². The topological polar surface area (TPSA) is 12.0 Å². The van der Waals surface area contributed by atoms with E-state index in [1.807, 2.05) is 0 Å². The van der Waals surface area contributed by atoms with Gasteiger partial charge in [-0.1, -0.05) is 38.3 Å². The highest BCUT2D eigenvalue weighted by molar-refractivity contribution is 5.12. The van der Waals surface area contributed by atoms with Gasteiger partial charge in [0, 0.05) is 6.04 Å². The molecule has 3 aliphatic carbocycles. The Morgan fingerprint density at radius 1 is 1.12 bits per heavy atom. The molecule has 1 N–H and O–H groups in total. The average Bonchev–Trinajstić information content (AvgIpc) is 2.72. The normalized spacial score (nSPS) is 44.4. The number of hydrogen-bond acceptors (Lipinski definition) is 1. The van der Waals surface area contributed by atoms with E-state index < -0.39 is 0 Å². The fraction of sp³-hybridized carbons (Fsp3) is 0.875. The van der Waals surface area contributed by atoms with Crippen molar-refractivity contribution < 1.29 is 0 Å². The molecule has 0 spiro atoms. The lowest BCUT2D eigenvalue weighted by Gasteiger charge is -2.42. The highest BCUT2D eigenvalue weighted by Gasteiger charge is 2.40. The molecule has 0 amide bonds. The molecule has 0 aromatic rings. The quantitative estimate of drug-likeness (QED) is 0.729. The second-order valence-electron chi connectivity index (χ2n) is 6.55. The van der Waals surface area contributed by atoms with Gasteiger partial charge in [-0.05, 0) is 55.9 Å². The maximum atomic E-state index is 3.84. The lowest BCUT2D eigenvalue weighted by molar-refractivity contribution is 0.149. The predicted molar refractivity (Wildman–Crippen MR) is 72.9 cm³/mol. The van der Waals surface area contributed by atoms with E-state index in [0.29, 0.717) is 0 Å². The van der Waals surface area contributed by atoms with Crippen molar-refractivity contribution in [3.63, 3.8) is 0 Å². The van der Waals surface area contributed by atoms with Crippen molar-refractivity contribution in [1.29, 1.82) is 0 Å². The third kappa shape index (κ3) is 2.45. The van der Waals surface area contributed by atoms with E-state index in [1.54, 1.807) is 0 Å². The first-order valence-electron chi connectivity index (χ1n) is 7.77. The molecule has 0 aromatic carbocycles. The third-order valence-electron chi connectivity index (χ3n) is 5.58. The van der Waals surface area contributed by atoms with Crippen LogP contribution in [-0.2, 0) is 0 Å². The van der Waals surface area contributed by atoms with Gasteiger partial charge in [-0.3, -0.25) is 0 Å². The van der Waals surface area contributed by atoms with Gasteiger partial charge >= 0.3 is 0 Å². The molecule has 0 saturated heterocycles. The van der Waals surface area contributed by atoms with Gasteiger partial charge in [0.2, 0.25) is 0 Å². The van der Waals surface area contributed by atoms with Crippen LogP contribution in [0.15, 0.2) is 12.2 Å². The minimum atomic E-state index is 0.822. The zero-order chi connectivity index (χ0) is 11.7. The summed E-state index contributed by atoms with van der Waals surface area (Å²) in [6.45, 7) is 3.64. The lowest BCUT2D eigenvalue weighted by atomic mass is 9.71. The standard InChI is InChI=1S/C16H27N/c1-2-12-6-8-13(9-7-12)11-17-16-10-14-4-3-5-15(14)16/h3,5,12-17H,2,4,6-11H2,1H3. The highest BCUT2D eigenvalue weighted by Crippen LogP contribution is 2.42. The molecule has 1 heteroatoms. The van der Waals surface area contributed by atoms with Gasteiger partial charge in [0.1, 0.15) is 0 Å². The van der Waals surface area contributed by atoms with Crippen molar-refractivity contribution in [1.82, 2.24) is 5.32 Å². The molecule has 0 heterocycles. The summed E-state index contributed by atoms with van der Waals surface area (Å²) in [5, 5.41) is 3.84. The molecule has 17 heavy (non-hydrogen) atoms. The molecule has 3 aliphatic rings. The van der Waals surface area contributed by atoms with Crippen LogP contribution in [0.5, 0.6) is 0 Å². The van der Waals surface area contributed by atoms with E-state index in [4.69, 9.17) is 0 Å². The third-order valence-corrected chi connectivity index (χ3v) is 5.58. The smallest absolute Gasteiger partial charge is 0.0136 e. The molecular weight excluding hydrogens is 206 g/mol. The monoisotopic (exact) mass is 233 g/mol. The second-order valence-corrected chi connectivity index (χ2v) is 6.55. The molecule has 0 bridgehead atoms. The Morgan fingerprint density at radius 3 is 2.59 bits per heavy atom. The maximum absolute atomic E-state index is 3.84. The summed E-state index contributed by atoms with van der Waals surface area (Å²) in [7, 11) is 0. The van der Waals surface area contributed by atoms with Gasteiger partial charge in [0.15, 0.2) is 0 Å². The number of fused-ring (bicyclic) bond motifs is 1.